The largest absolute Gasteiger partial charge is 0.495 e. The minimum atomic E-state index is -0.558. The van der Waals surface area contributed by atoms with Crippen molar-refractivity contribution in [3.8, 4) is 5.75 Å². The van der Waals surface area contributed by atoms with Crippen LogP contribution in [-0.2, 0) is 4.74 Å². The zero-order valence-corrected chi connectivity index (χ0v) is 11.7. The molecule has 0 saturated carbocycles. The zero-order chi connectivity index (χ0) is 13.9. The van der Waals surface area contributed by atoms with Gasteiger partial charge in [-0.3, -0.25) is 14.7 Å². The van der Waals surface area contributed by atoms with Crippen molar-refractivity contribution in [2.24, 2.45) is 0 Å². The third kappa shape index (κ3) is 2.93. The molecule has 1 aliphatic rings. The molecule has 1 fully saturated rings. The highest BCUT2D eigenvalue weighted by molar-refractivity contribution is 6.02. The van der Waals surface area contributed by atoms with Crippen LogP contribution in [0.1, 0.15) is 24.2 Å². The van der Waals surface area contributed by atoms with Crippen molar-refractivity contribution in [1.29, 1.82) is 0 Å². The molecule has 0 bridgehead atoms. The summed E-state index contributed by atoms with van der Waals surface area (Å²) in [4.78, 5) is 18.9. The smallest absolute Gasteiger partial charge is 0.184 e. The van der Waals surface area contributed by atoms with Crippen molar-refractivity contribution >= 4 is 5.78 Å². The summed E-state index contributed by atoms with van der Waals surface area (Å²) in [6.45, 7) is 6.78. The van der Waals surface area contributed by atoms with Crippen molar-refractivity contribution < 1.29 is 14.3 Å². The second-order valence-corrected chi connectivity index (χ2v) is 5.10. The fourth-order valence-corrected chi connectivity index (χ4v) is 2.27. The molecule has 104 valence electrons. The van der Waals surface area contributed by atoms with Gasteiger partial charge in [0.25, 0.3) is 0 Å². The van der Waals surface area contributed by atoms with Crippen LogP contribution in [0.15, 0.2) is 18.5 Å². The van der Waals surface area contributed by atoms with Crippen LogP contribution in [0, 0.1) is 0 Å². The standard InChI is InChI=1S/C14H20N2O3/c1-14(2,16-4-6-19-7-5-16)13(17)11-8-12(18-3)10-15-9-11/h8-10H,4-7H2,1-3H3. The molecule has 2 rings (SSSR count). The molecule has 1 aromatic heterocycles. The third-order valence-electron chi connectivity index (χ3n) is 3.57. The molecule has 0 unspecified atom stereocenters. The summed E-state index contributed by atoms with van der Waals surface area (Å²) in [7, 11) is 1.57. The highest BCUT2D eigenvalue weighted by atomic mass is 16.5. The van der Waals surface area contributed by atoms with E-state index in [1.165, 1.54) is 0 Å². The Balaban J connectivity index is 2.20. The first-order chi connectivity index (χ1) is 9.05. The summed E-state index contributed by atoms with van der Waals surface area (Å²) >= 11 is 0. The van der Waals surface area contributed by atoms with Crippen molar-refractivity contribution in [3.05, 3.63) is 24.0 Å². The van der Waals surface area contributed by atoms with Crippen LogP contribution in [0.5, 0.6) is 5.75 Å². The number of Topliss-reactive ketones (excluding diaryl/α,β-unsaturated/α-hetero) is 1. The lowest BCUT2D eigenvalue weighted by Crippen LogP contribution is -2.54. The number of rotatable bonds is 4. The third-order valence-corrected chi connectivity index (χ3v) is 3.57. The normalized spacial score (nSPS) is 17.2. The fourth-order valence-electron chi connectivity index (χ4n) is 2.27. The molecule has 5 nitrogen and oxygen atoms in total. The average molecular weight is 264 g/mol. The Labute approximate surface area is 113 Å². The fraction of sp³-hybridized carbons (Fsp3) is 0.571. The van der Waals surface area contributed by atoms with Crippen molar-refractivity contribution in [2.45, 2.75) is 19.4 Å². The van der Waals surface area contributed by atoms with Crippen molar-refractivity contribution in [1.82, 2.24) is 9.88 Å². The van der Waals surface area contributed by atoms with Gasteiger partial charge in [0.2, 0.25) is 0 Å². The Kier molecular flexibility index (Phi) is 4.17. The van der Waals surface area contributed by atoms with Gasteiger partial charge in [0.05, 0.1) is 32.1 Å². The van der Waals surface area contributed by atoms with Gasteiger partial charge >= 0.3 is 0 Å². The van der Waals surface area contributed by atoms with Crippen molar-refractivity contribution in [3.63, 3.8) is 0 Å². The lowest BCUT2D eigenvalue weighted by Gasteiger charge is -2.39. The minimum Gasteiger partial charge on any atom is -0.495 e. The maximum Gasteiger partial charge on any atom is 0.184 e. The zero-order valence-electron chi connectivity index (χ0n) is 11.7. The molecule has 0 N–H and O–H groups in total. The first-order valence-corrected chi connectivity index (χ1v) is 6.42. The first kappa shape index (κ1) is 14.0. The number of carbonyl (C=O) groups is 1. The molecule has 1 aromatic rings. The molecule has 0 aliphatic carbocycles. The monoisotopic (exact) mass is 264 g/mol. The van der Waals surface area contributed by atoms with Crippen LogP contribution in [0.2, 0.25) is 0 Å². The van der Waals surface area contributed by atoms with E-state index in [0.717, 1.165) is 13.1 Å². The van der Waals surface area contributed by atoms with E-state index >= 15 is 0 Å². The topological polar surface area (TPSA) is 51.7 Å². The number of carbonyl (C=O) groups excluding carboxylic acids is 1. The number of ether oxygens (including phenoxy) is 2. The number of methoxy groups -OCH3 is 1. The van der Waals surface area contributed by atoms with Crippen LogP contribution < -0.4 is 4.74 Å². The van der Waals surface area contributed by atoms with Gasteiger partial charge in [-0.25, -0.2) is 0 Å². The van der Waals surface area contributed by atoms with Gasteiger partial charge in [0, 0.05) is 24.8 Å². The molecular formula is C14H20N2O3. The number of hydrogen-bond donors (Lipinski definition) is 0. The number of pyridine rings is 1. The Bertz CT molecular complexity index is 454. The molecule has 2 heterocycles. The predicted molar refractivity (Wildman–Crippen MR) is 71.6 cm³/mol. The molecule has 1 saturated heterocycles. The Hall–Kier alpha value is -1.46. The van der Waals surface area contributed by atoms with E-state index < -0.39 is 5.54 Å². The summed E-state index contributed by atoms with van der Waals surface area (Å²) < 4.78 is 10.4. The molecule has 0 radical (unpaired) electrons. The summed E-state index contributed by atoms with van der Waals surface area (Å²) in [5, 5.41) is 0. The van der Waals surface area contributed by atoms with Gasteiger partial charge in [-0.2, -0.15) is 0 Å². The Morgan fingerprint density at radius 3 is 2.68 bits per heavy atom. The van der Waals surface area contributed by atoms with Crippen LogP contribution in [0.25, 0.3) is 0 Å². The lowest BCUT2D eigenvalue weighted by molar-refractivity contribution is -0.00432. The summed E-state index contributed by atoms with van der Waals surface area (Å²) in [5.74, 6) is 0.657. The van der Waals surface area contributed by atoms with Crippen LogP contribution in [0.4, 0.5) is 0 Å². The van der Waals surface area contributed by atoms with Gasteiger partial charge in [0.15, 0.2) is 5.78 Å². The highest BCUT2D eigenvalue weighted by Crippen LogP contribution is 2.23. The number of ketones is 1. The number of hydrogen-bond acceptors (Lipinski definition) is 5. The highest BCUT2D eigenvalue weighted by Gasteiger charge is 2.36. The Morgan fingerprint density at radius 2 is 2.05 bits per heavy atom. The van der Waals surface area contributed by atoms with Gasteiger partial charge in [-0.15, -0.1) is 0 Å². The number of nitrogens with zero attached hydrogens (tertiary/aromatic N) is 2. The molecular weight excluding hydrogens is 244 g/mol. The summed E-state index contributed by atoms with van der Waals surface area (Å²) in [6.07, 6.45) is 3.19. The molecule has 1 aliphatic heterocycles. The minimum absolute atomic E-state index is 0.0563. The van der Waals surface area contributed by atoms with Gasteiger partial charge in [-0.05, 0) is 19.9 Å². The van der Waals surface area contributed by atoms with E-state index in [1.807, 2.05) is 13.8 Å². The number of aromatic nitrogens is 1. The van der Waals surface area contributed by atoms with Gasteiger partial charge < -0.3 is 9.47 Å². The average Bonchev–Trinajstić information content (AvgIpc) is 2.47. The van der Waals surface area contributed by atoms with Crippen LogP contribution in [0.3, 0.4) is 0 Å². The second-order valence-electron chi connectivity index (χ2n) is 5.10. The number of morpholine rings is 1. The predicted octanol–water partition coefficient (Wildman–Crippen LogP) is 1.38. The molecule has 19 heavy (non-hydrogen) atoms. The maximum absolute atomic E-state index is 12.7. The SMILES string of the molecule is COc1cncc(C(=O)C(C)(C)N2CCOCC2)c1. The molecule has 0 amide bonds. The van der Waals surface area contributed by atoms with E-state index in [4.69, 9.17) is 9.47 Å². The van der Waals surface area contributed by atoms with E-state index in [1.54, 1.807) is 25.6 Å². The van der Waals surface area contributed by atoms with Gasteiger partial charge in [0.1, 0.15) is 5.75 Å². The summed E-state index contributed by atoms with van der Waals surface area (Å²) in [6, 6.07) is 1.73. The van der Waals surface area contributed by atoms with Crippen LogP contribution >= 0.6 is 0 Å². The van der Waals surface area contributed by atoms with E-state index in [2.05, 4.69) is 9.88 Å². The first-order valence-electron chi connectivity index (χ1n) is 6.42. The quantitative estimate of drug-likeness (QED) is 0.769. The van der Waals surface area contributed by atoms with E-state index in [0.29, 0.717) is 24.5 Å². The Morgan fingerprint density at radius 1 is 1.37 bits per heavy atom. The summed E-state index contributed by atoms with van der Waals surface area (Å²) in [5.41, 5.74) is 0.0218. The van der Waals surface area contributed by atoms with E-state index in [-0.39, 0.29) is 5.78 Å². The lowest BCUT2D eigenvalue weighted by atomic mass is 9.91. The second kappa shape index (κ2) is 5.67. The molecule has 0 atom stereocenters. The molecule has 0 aromatic carbocycles. The van der Waals surface area contributed by atoms with E-state index in [9.17, 15) is 4.79 Å². The van der Waals surface area contributed by atoms with Gasteiger partial charge in [-0.1, -0.05) is 0 Å². The van der Waals surface area contributed by atoms with Crippen molar-refractivity contribution in [2.75, 3.05) is 33.4 Å². The molecule has 0 spiro atoms. The maximum atomic E-state index is 12.7. The van der Waals surface area contributed by atoms with Crippen LogP contribution in [-0.4, -0.2) is 54.6 Å². The molecule has 5 heteroatoms.